The minimum absolute atomic E-state index is 0.0316. The van der Waals surface area contributed by atoms with Gasteiger partial charge in [0.1, 0.15) is 0 Å². The van der Waals surface area contributed by atoms with Gasteiger partial charge in [-0.15, -0.1) is 0 Å². The van der Waals surface area contributed by atoms with E-state index in [-0.39, 0.29) is 5.75 Å². The van der Waals surface area contributed by atoms with Crippen molar-refractivity contribution in [3.8, 4) is 5.75 Å². The van der Waals surface area contributed by atoms with Crippen LogP contribution in [0.3, 0.4) is 0 Å². The highest BCUT2D eigenvalue weighted by molar-refractivity contribution is 7.81. The molecule has 2 aromatic rings. The average Bonchev–Trinajstić information content (AvgIpc) is 2.45. The summed E-state index contributed by atoms with van der Waals surface area (Å²) in [4.78, 5) is 2.77. The molecule has 0 aliphatic heterocycles. The molecule has 0 saturated carbocycles. The second-order valence-corrected chi connectivity index (χ2v) is 4.31. The Balaban J connectivity index is 2.55. The molecule has 2 rings (SSSR count). The summed E-state index contributed by atoms with van der Waals surface area (Å²) in [5.41, 5.74) is 0.626. The first-order valence-electron chi connectivity index (χ1n) is 3.89. The number of H-pyrrole nitrogens is 1. The third-order valence-corrected chi connectivity index (χ3v) is 2.43. The number of hydrogen-bond acceptors (Lipinski definition) is 3. The van der Waals surface area contributed by atoms with Crippen molar-refractivity contribution in [2.75, 3.05) is 0 Å². The second kappa shape index (κ2) is 3.41. The third-order valence-electron chi connectivity index (χ3n) is 1.80. The SMILES string of the molecule is O=S(=O)(O)Oc1c[nH]c2cc(Cl)ccc12. The fraction of sp³-hybridized carbons (Fsp3) is 0. The van der Waals surface area contributed by atoms with Crippen LogP contribution in [0.25, 0.3) is 10.9 Å². The number of aromatic amines is 1. The van der Waals surface area contributed by atoms with E-state index >= 15 is 0 Å². The molecule has 80 valence electrons. The van der Waals surface area contributed by atoms with Gasteiger partial charge in [0.15, 0.2) is 5.75 Å². The molecule has 0 fully saturated rings. The molecule has 0 amide bonds. The summed E-state index contributed by atoms with van der Waals surface area (Å²) in [6.45, 7) is 0. The summed E-state index contributed by atoms with van der Waals surface area (Å²) in [5, 5.41) is 1.04. The van der Waals surface area contributed by atoms with Crippen LogP contribution < -0.4 is 4.18 Å². The molecule has 0 radical (unpaired) electrons. The molecule has 2 N–H and O–H groups in total. The van der Waals surface area contributed by atoms with E-state index in [1.165, 1.54) is 6.20 Å². The van der Waals surface area contributed by atoms with Gasteiger partial charge in [-0.1, -0.05) is 11.6 Å². The smallest absolute Gasteiger partial charge is 0.360 e. The highest BCUT2D eigenvalue weighted by Crippen LogP contribution is 2.28. The first-order valence-corrected chi connectivity index (χ1v) is 5.63. The number of aromatic nitrogens is 1. The Hall–Kier alpha value is -1.24. The van der Waals surface area contributed by atoms with Crippen molar-refractivity contribution in [1.82, 2.24) is 4.98 Å². The highest BCUT2D eigenvalue weighted by Gasteiger charge is 2.11. The number of nitrogens with one attached hydrogen (secondary N) is 1. The molecular formula is C8H6ClNO4S. The topological polar surface area (TPSA) is 79.4 Å². The summed E-state index contributed by atoms with van der Waals surface area (Å²) < 4.78 is 33.9. The van der Waals surface area contributed by atoms with E-state index in [1.54, 1.807) is 18.2 Å². The standard InChI is InChI=1S/C8H6ClNO4S/c9-5-1-2-6-7(3-5)10-4-8(6)14-15(11,12)13/h1-4,10H,(H,11,12,13). The van der Waals surface area contributed by atoms with Gasteiger partial charge >= 0.3 is 10.4 Å². The van der Waals surface area contributed by atoms with E-state index in [0.29, 0.717) is 15.9 Å². The van der Waals surface area contributed by atoms with E-state index in [0.717, 1.165) is 0 Å². The van der Waals surface area contributed by atoms with Gasteiger partial charge in [0.25, 0.3) is 0 Å². The lowest BCUT2D eigenvalue weighted by atomic mass is 10.2. The molecule has 5 nitrogen and oxygen atoms in total. The van der Waals surface area contributed by atoms with Crippen molar-refractivity contribution in [3.05, 3.63) is 29.4 Å². The zero-order valence-electron chi connectivity index (χ0n) is 7.27. The van der Waals surface area contributed by atoms with Crippen molar-refractivity contribution in [2.24, 2.45) is 0 Å². The fourth-order valence-corrected chi connectivity index (χ4v) is 1.79. The van der Waals surface area contributed by atoms with Crippen molar-refractivity contribution in [1.29, 1.82) is 0 Å². The molecule has 1 heterocycles. The summed E-state index contributed by atoms with van der Waals surface area (Å²) in [7, 11) is -4.50. The van der Waals surface area contributed by atoms with Gasteiger partial charge in [-0.05, 0) is 18.2 Å². The monoisotopic (exact) mass is 247 g/mol. The molecule has 0 spiro atoms. The Morgan fingerprint density at radius 3 is 2.80 bits per heavy atom. The molecule has 0 aliphatic carbocycles. The molecule has 0 saturated heterocycles. The van der Waals surface area contributed by atoms with E-state index in [9.17, 15) is 8.42 Å². The molecule has 0 bridgehead atoms. The van der Waals surface area contributed by atoms with E-state index in [2.05, 4.69) is 9.17 Å². The van der Waals surface area contributed by atoms with Gasteiger partial charge in [0.2, 0.25) is 0 Å². The lowest BCUT2D eigenvalue weighted by Crippen LogP contribution is -2.05. The predicted octanol–water partition coefficient (Wildman–Crippen LogP) is 2.00. The molecule has 15 heavy (non-hydrogen) atoms. The van der Waals surface area contributed by atoms with Crippen LogP contribution >= 0.6 is 11.6 Å². The van der Waals surface area contributed by atoms with Crippen LogP contribution in [-0.2, 0) is 10.4 Å². The van der Waals surface area contributed by atoms with Crippen molar-refractivity contribution < 1.29 is 17.2 Å². The molecule has 7 heteroatoms. The zero-order chi connectivity index (χ0) is 11.1. The van der Waals surface area contributed by atoms with Gasteiger partial charge in [-0.25, -0.2) is 0 Å². The van der Waals surface area contributed by atoms with Gasteiger partial charge < -0.3 is 9.17 Å². The minimum atomic E-state index is -4.50. The largest absolute Gasteiger partial charge is 0.446 e. The van der Waals surface area contributed by atoms with Crippen LogP contribution in [0.2, 0.25) is 5.02 Å². The highest BCUT2D eigenvalue weighted by atomic mass is 35.5. The molecule has 0 aliphatic rings. The Morgan fingerprint density at radius 1 is 1.40 bits per heavy atom. The lowest BCUT2D eigenvalue weighted by Gasteiger charge is -1.98. The first-order chi connectivity index (χ1) is 6.96. The lowest BCUT2D eigenvalue weighted by molar-refractivity contribution is 0.388. The number of benzene rings is 1. The molecular weight excluding hydrogens is 242 g/mol. The second-order valence-electron chi connectivity index (χ2n) is 2.85. The van der Waals surface area contributed by atoms with E-state index in [1.807, 2.05) is 0 Å². The molecule has 1 aromatic heterocycles. The number of halogens is 1. The quantitative estimate of drug-likeness (QED) is 0.796. The number of hydrogen-bond donors (Lipinski definition) is 2. The molecule has 1 aromatic carbocycles. The van der Waals surface area contributed by atoms with Gasteiger partial charge in [0.05, 0.1) is 5.52 Å². The van der Waals surface area contributed by atoms with Crippen molar-refractivity contribution in [3.63, 3.8) is 0 Å². The average molecular weight is 248 g/mol. The maximum Gasteiger partial charge on any atom is 0.446 e. The normalized spacial score (nSPS) is 11.9. The van der Waals surface area contributed by atoms with Crippen LogP contribution in [0.1, 0.15) is 0 Å². The Morgan fingerprint density at radius 2 is 2.13 bits per heavy atom. The fourth-order valence-electron chi connectivity index (χ4n) is 1.25. The van der Waals surface area contributed by atoms with Crippen LogP contribution in [-0.4, -0.2) is 18.0 Å². The van der Waals surface area contributed by atoms with Crippen LogP contribution in [0, 0.1) is 0 Å². The van der Waals surface area contributed by atoms with Crippen LogP contribution in [0.15, 0.2) is 24.4 Å². The third kappa shape index (κ3) is 2.23. The summed E-state index contributed by atoms with van der Waals surface area (Å²) >= 11 is 5.73. The van der Waals surface area contributed by atoms with Gasteiger partial charge in [-0.3, -0.25) is 4.55 Å². The summed E-state index contributed by atoms with van der Waals surface area (Å²) in [5.74, 6) is 0.0316. The summed E-state index contributed by atoms with van der Waals surface area (Å²) in [6.07, 6.45) is 1.33. The van der Waals surface area contributed by atoms with Crippen molar-refractivity contribution in [2.45, 2.75) is 0 Å². The predicted molar refractivity (Wildman–Crippen MR) is 55.5 cm³/mol. The maximum absolute atomic E-state index is 10.5. The van der Waals surface area contributed by atoms with Gasteiger partial charge in [-0.2, -0.15) is 8.42 Å². The maximum atomic E-state index is 10.5. The number of rotatable bonds is 2. The Bertz CT molecular complexity index is 604. The first kappa shape index (κ1) is 10.3. The van der Waals surface area contributed by atoms with Crippen LogP contribution in [0.4, 0.5) is 0 Å². The Kier molecular flexibility index (Phi) is 2.34. The van der Waals surface area contributed by atoms with E-state index < -0.39 is 10.4 Å². The molecule has 0 atom stereocenters. The zero-order valence-corrected chi connectivity index (χ0v) is 8.84. The van der Waals surface area contributed by atoms with Gasteiger partial charge in [0, 0.05) is 16.6 Å². The van der Waals surface area contributed by atoms with Crippen LogP contribution in [0.5, 0.6) is 5.75 Å². The Labute approximate surface area is 90.6 Å². The summed E-state index contributed by atoms with van der Waals surface area (Å²) in [6, 6.07) is 4.80. The number of fused-ring (bicyclic) bond motifs is 1. The van der Waals surface area contributed by atoms with E-state index in [4.69, 9.17) is 16.2 Å². The minimum Gasteiger partial charge on any atom is -0.360 e. The van der Waals surface area contributed by atoms with Crippen molar-refractivity contribution >= 4 is 32.9 Å². The molecule has 0 unspecified atom stereocenters.